The Hall–Kier alpha value is -2.75. The van der Waals surface area contributed by atoms with Gasteiger partial charge >= 0.3 is 5.69 Å². The molecule has 0 saturated heterocycles. The summed E-state index contributed by atoms with van der Waals surface area (Å²) in [5.41, 5.74) is 2.00. The van der Waals surface area contributed by atoms with Crippen molar-refractivity contribution in [2.45, 2.75) is 13.0 Å². The second-order valence-corrected chi connectivity index (χ2v) is 5.08. The fourth-order valence-corrected chi connectivity index (χ4v) is 2.43. The van der Waals surface area contributed by atoms with Crippen LogP contribution in [0.25, 0.3) is 5.69 Å². The molecule has 4 heteroatoms. The summed E-state index contributed by atoms with van der Waals surface area (Å²) >= 11 is 0. The predicted molar refractivity (Wildman–Crippen MR) is 86.7 cm³/mol. The van der Waals surface area contributed by atoms with E-state index in [4.69, 9.17) is 4.74 Å². The van der Waals surface area contributed by atoms with Gasteiger partial charge in [0.2, 0.25) is 0 Å². The molecule has 0 aliphatic heterocycles. The lowest BCUT2D eigenvalue weighted by Crippen LogP contribution is -2.23. The summed E-state index contributed by atoms with van der Waals surface area (Å²) in [5.74, 6) is 0.737. The van der Waals surface area contributed by atoms with Crippen molar-refractivity contribution in [2.75, 3.05) is 7.11 Å². The third kappa shape index (κ3) is 2.96. The minimum absolute atomic E-state index is 0.0378. The van der Waals surface area contributed by atoms with Crippen molar-refractivity contribution in [3.63, 3.8) is 0 Å². The number of ether oxygens (including phenoxy) is 1. The first kappa shape index (κ1) is 14.2. The van der Waals surface area contributed by atoms with Gasteiger partial charge in [0, 0.05) is 25.0 Å². The first-order valence-corrected chi connectivity index (χ1v) is 7.24. The molecular formula is C18H18N2O2. The minimum Gasteiger partial charge on any atom is -0.497 e. The number of nitrogens with zero attached hydrogens (tertiary/aromatic N) is 2. The van der Waals surface area contributed by atoms with Gasteiger partial charge < -0.3 is 4.74 Å². The van der Waals surface area contributed by atoms with E-state index < -0.39 is 0 Å². The predicted octanol–water partition coefficient (Wildman–Crippen LogP) is 2.89. The number of hydrogen-bond acceptors (Lipinski definition) is 2. The molecule has 0 bridgehead atoms. The number of hydrogen-bond donors (Lipinski definition) is 0. The Morgan fingerprint density at radius 2 is 1.82 bits per heavy atom. The fourth-order valence-electron chi connectivity index (χ4n) is 2.43. The number of aryl methyl sites for hydroxylation is 2. The van der Waals surface area contributed by atoms with E-state index in [2.05, 4.69) is 12.1 Å². The molecule has 0 aliphatic rings. The lowest BCUT2D eigenvalue weighted by molar-refractivity contribution is 0.414. The fraction of sp³-hybridized carbons (Fsp3) is 0.167. The van der Waals surface area contributed by atoms with Gasteiger partial charge in [-0.05, 0) is 24.1 Å². The Balaban J connectivity index is 1.81. The van der Waals surface area contributed by atoms with Crippen molar-refractivity contribution >= 4 is 0 Å². The molecule has 22 heavy (non-hydrogen) atoms. The number of methoxy groups -OCH3 is 1. The smallest absolute Gasteiger partial charge is 0.332 e. The molecule has 0 saturated carbocycles. The van der Waals surface area contributed by atoms with Crippen LogP contribution >= 0.6 is 0 Å². The van der Waals surface area contributed by atoms with E-state index in [-0.39, 0.29) is 5.69 Å². The summed E-state index contributed by atoms with van der Waals surface area (Å²) in [6.07, 6.45) is 4.45. The highest BCUT2D eigenvalue weighted by Gasteiger charge is 2.06. The van der Waals surface area contributed by atoms with Crippen molar-refractivity contribution in [3.8, 4) is 11.4 Å². The van der Waals surface area contributed by atoms with Gasteiger partial charge in [0.25, 0.3) is 0 Å². The van der Waals surface area contributed by atoms with Crippen molar-refractivity contribution in [2.24, 2.45) is 0 Å². The zero-order chi connectivity index (χ0) is 15.4. The molecule has 3 aromatic rings. The summed E-state index contributed by atoms with van der Waals surface area (Å²) in [7, 11) is 1.62. The molecule has 0 fully saturated rings. The summed E-state index contributed by atoms with van der Waals surface area (Å²) < 4.78 is 8.57. The molecule has 0 N–H and O–H groups in total. The molecular weight excluding hydrogens is 276 g/mol. The normalized spacial score (nSPS) is 10.6. The summed E-state index contributed by atoms with van der Waals surface area (Å²) in [5, 5.41) is 0. The van der Waals surface area contributed by atoms with E-state index in [0.717, 1.165) is 17.9 Å². The van der Waals surface area contributed by atoms with E-state index >= 15 is 0 Å². The van der Waals surface area contributed by atoms with Crippen molar-refractivity contribution < 1.29 is 4.74 Å². The highest BCUT2D eigenvalue weighted by molar-refractivity contribution is 5.39. The van der Waals surface area contributed by atoms with Crippen molar-refractivity contribution in [1.29, 1.82) is 0 Å². The van der Waals surface area contributed by atoms with E-state index in [1.807, 2.05) is 48.7 Å². The Morgan fingerprint density at radius 1 is 1.00 bits per heavy atom. The maximum absolute atomic E-state index is 12.5. The maximum Gasteiger partial charge on any atom is 0.332 e. The molecule has 0 spiro atoms. The van der Waals surface area contributed by atoms with Gasteiger partial charge in [0.1, 0.15) is 5.75 Å². The molecule has 0 aliphatic carbocycles. The first-order valence-electron chi connectivity index (χ1n) is 7.24. The Morgan fingerprint density at radius 3 is 2.59 bits per heavy atom. The monoisotopic (exact) mass is 294 g/mol. The van der Waals surface area contributed by atoms with Gasteiger partial charge in [-0.15, -0.1) is 0 Å². The zero-order valence-corrected chi connectivity index (χ0v) is 12.5. The standard InChI is InChI=1S/C18H18N2O2/c1-22-17-9-5-8-16(14-17)20-13-12-19(18(20)21)11-10-15-6-3-2-4-7-15/h2-9,12-14H,10-11H2,1H3. The molecule has 1 heterocycles. The van der Waals surface area contributed by atoms with Crippen LogP contribution in [0.4, 0.5) is 0 Å². The average Bonchev–Trinajstić information content (AvgIpc) is 2.95. The van der Waals surface area contributed by atoms with Gasteiger partial charge in [-0.25, -0.2) is 4.79 Å². The van der Waals surface area contributed by atoms with Gasteiger partial charge in [-0.2, -0.15) is 0 Å². The largest absolute Gasteiger partial charge is 0.497 e. The average molecular weight is 294 g/mol. The third-order valence-electron chi connectivity index (χ3n) is 3.66. The molecule has 0 radical (unpaired) electrons. The lowest BCUT2D eigenvalue weighted by atomic mass is 10.1. The van der Waals surface area contributed by atoms with Gasteiger partial charge in [-0.1, -0.05) is 36.4 Å². The molecule has 0 amide bonds. The second-order valence-electron chi connectivity index (χ2n) is 5.08. The minimum atomic E-state index is -0.0378. The first-order chi connectivity index (χ1) is 10.8. The number of aromatic nitrogens is 2. The van der Waals surface area contributed by atoms with Crippen LogP contribution in [0.15, 0.2) is 71.8 Å². The highest BCUT2D eigenvalue weighted by atomic mass is 16.5. The Labute approximate surface area is 129 Å². The number of imidazole rings is 1. The number of rotatable bonds is 5. The molecule has 1 aromatic heterocycles. The Bertz CT molecular complexity index is 803. The highest BCUT2D eigenvalue weighted by Crippen LogP contribution is 2.15. The van der Waals surface area contributed by atoms with E-state index in [1.54, 1.807) is 22.4 Å². The van der Waals surface area contributed by atoms with E-state index in [9.17, 15) is 4.79 Å². The lowest BCUT2D eigenvalue weighted by Gasteiger charge is -2.05. The quantitative estimate of drug-likeness (QED) is 0.725. The van der Waals surface area contributed by atoms with Crippen LogP contribution in [0.3, 0.4) is 0 Å². The summed E-state index contributed by atoms with van der Waals surface area (Å²) in [6.45, 7) is 0.666. The van der Waals surface area contributed by atoms with Crippen LogP contribution in [0.1, 0.15) is 5.56 Å². The molecule has 4 nitrogen and oxygen atoms in total. The second kappa shape index (κ2) is 6.35. The molecule has 0 atom stereocenters. The van der Waals surface area contributed by atoms with Crippen LogP contribution in [-0.4, -0.2) is 16.2 Å². The van der Waals surface area contributed by atoms with Gasteiger partial charge in [0.15, 0.2) is 0 Å². The maximum atomic E-state index is 12.5. The molecule has 3 rings (SSSR count). The summed E-state index contributed by atoms with van der Waals surface area (Å²) in [6, 6.07) is 17.7. The zero-order valence-electron chi connectivity index (χ0n) is 12.5. The van der Waals surface area contributed by atoms with E-state index in [0.29, 0.717) is 6.54 Å². The summed E-state index contributed by atoms with van der Waals surface area (Å²) in [4.78, 5) is 12.5. The van der Waals surface area contributed by atoms with Crippen LogP contribution in [0, 0.1) is 0 Å². The van der Waals surface area contributed by atoms with Gasteiger partial charge in [0.05, 0.1) is 12.8 Å². The van der Waals surface area contributed by atoms with Crippen LogP contribution < -0.4 is 10.4 Å². The van der Waals surface area contributed by atoms with Gasteiger partial charge in [-0.3, -0.25) is 9.13 Å². The third-order valence-corrected chi connectivity index (χ3v) is 3.66. The Kier molecular flexibility index (Phi) is 4.10. The van der Waals surface area contributed by atoms with Crippen LogP contribution in [0.2, 0.25) is 0 Å². The van der Waals surface area contributed by atoms with Crippen molar-refractivity contribution in [1.82, 2.24) is 9.13 Å². The number of benzene rings is 2. The molecule has 0 unspecified atom stereocenters. The van der Waals surface area contributed by atoms with E-state index in [1.165, 1.54) is 5.56 Å². The van der Waals surface area contributed by atoms with Crippen molar-refractivity contribution in [3.05, 3.63) is 83.0 Å². The SMILES string of the molecule is COc1cccc(-n2ccn(CCc3ccccc3)c2=O)c1. The van der Waals surface area contributed by atoms with Crippen LogP contribution in [0.5, 0.6) is 5.75 Å². The molecule has 2 aromatic carbocycles. The topological polar surface area (TPSA) is 36.2 Å². The molecule has 112 valence electrons. The van der Waals surface area contributed by atoms with Crippen LogP contribution in [-0.2, 0) is 13.0 Å².